The van der Waals surface area contributed by atoms with Crippen LogP contribution < -0.4 is 5.32 Å². The monoisotopic (exact) mass is 478 g/mol. The number of hydrogen-bond donors (Lipinski definition) is 2. The fraction of sp³-hybridized carbons (Fsp3) is 0.292. The van der Waals surface area contributed by atoms with Crippen molar-refractivity contribution in [1.29, 1.82) is 0 Å². The summed E-state index contributed by atoms with van der Waals surface area (Å²) in [4.78, 5) is 48.9. The minimum atomic E-state index is -0.910. The molecule has 2 unspecified atom stereocenters. The maximum atomic E-state index is 13.5. The number of likely N-dealkylation sites (tertiary alicyclic amines) is 1. The van der Waals surface area contributed by atoms with E-state index in [9.17, 15) is 19.5 Å². The van der Waals surface area contributed by atoms with Crippen molar-refractivity contribution in [1.82, 2.24) is 20.2 Å². The summed E-state index contributed by atoms with van der Waals surface area (Å²) in [6.45, 7) is 0.397. The van der Waals surface area contributed by atoms with Crippen molar-refractivity contribution in [2.24, 2.45) is 0 Å². The zero-order chi connectivity index (χ0) is 23.7. The lowest BCUT2D eigenvalue weighted by molar-refractivity contribution is -0.138. The molecule has 3 atom stereocenters. The molecule has 0 spiro atoms. The van der Waals surface area contributed by atoms with Crippen molar-refractivity contribution in [2.75, 3.05) is 13.2 Å². The fourth-order valence-corrected chi connectivity index (χ4v) is 5.13. The van der Waals surface area contributed by atoms with Crippen LogP contribution >= 0.6 is 11.3 Å². The number of ketones is 1. The summed E-state index contributed by atoms with van der Waals surface area (Å²) in [6, 6.07) is 8.58. The van der Waals surface area contributed by atoms with Crippen LogP contribution in [0.2, 0.25) is 0 Å². The first-order chi connectivity index (χ1) is 16.5. The summed E-state index contributed by atoms with van der Waals surface area (Å²) in [7, 11) is 0. The molecule has 1 aromatic carbocycles. The van der Waals surface area contributed by atoms with E-state index in [0.717, 1.165) is 11.1 Å². The summed E-state index contributed by atoms with van der Waals surface area (Å²) in [5.41, 5.74) is 1.76. The van der Waals surface area contributed by atoms with Gasteiger partial charge in [0.15, 0.2) is 5.78 Å². The number of nitrogens with one attached hydrogen (secondary N) is 1. The van der Waals surface area contributed by atoms with Gasteiger partial charge in [-0.3, -0.25) is 19.4 Å². The number of amides is 2. The van der Waals surface area contributed by atoms with E-state index in [1.807, 2.05) is 6.07 Å². The van der Waals surface area contributed by atoms with E-state index in [2.05, 4.69) is 15.3 Å². The maximum absolute atomic E-state index is 13.5. The zero-order valence-electron chi connectivity index (χ0n) is 18.1. The number of aromatic hydroxyl groups is 1. The van der Waals surface area contributed by atoms with Crippen molar-refractivity contribution in [3.63, 3.8) is 0 Å². The molecule has 10 heteroatoms. The normalized spacial score (nSPS) is 20.2. The molecule has 0 saturated carbocycles. The third-order valence-electron chi connectivity index (χ3n) is 6.02. The lowest BCUT2D eigenvalue weighted by Crippen LogP contribution is -2.53. The number of Topliss-reactive ketones (excluding diaryl/α,β-unsaturated/α-hetero) is 1. The first-order valence-electron chi connectivity index (χ1n) is 10.9. The van der Waals surface area contributed by atoms with Gasteiger partial charge in [0.05, 0.1) is 6.10 Å². The number of fused-ring (bicyclic) bond motifs is 1. The van der Waals surface area contributed by atoms with Gasteiger partial charge in [-0.25, -0.2) is 4.98 Å². The second kappa shape index (κ2) is 9.32. The van der Waals surface area contributed by atoms with E-state index in [-0.39, 0.29) is 42.3 Å². The average molecular weight is 479 g/mol. The molecule has 0 bridgehead atoms. The Labute approximate surface area is 199 Å². The Balaban J connectivity index is 1.37. The molecule has 3 aromatic rings. The predicted molar refractivity (Wildman–Crippen MR) is 123 cm³/mol. The number of aromatic nitrogens is 2. The number of carbonyl (C=O) groups is 3. The van der Waals surface area contributed by atoms with Gasteiger partial charge in [-0.15, -0.1) is 11.3 Å². The van der Waals surface area contributed by atoms with Crippen molar-refractivity contribution >= 4 is 28.9 Å². The molecule has 5 rings (SSSR count). The average Bonchev–Trinajstić information content (AvgIpc) is 3.58. The number of pyridine rings is 1. The number of rotatable bonds is 6. The SMILES string of the molecule is O=C(N[C@@H](Cc1ccc(O)cc1)C(=O)N1CCC2OCC(=O)C21)c1csc(-c2cccnc2)n1. The molecular formula is C24H22N4O5S. The molecule has 2 amide bonds. The van der Waals surface area contributed by atoms with Crippen LogP contribution in [0.25, 0.3) is 10.6 Å². The topological polar surface area (TPSA) is 122 Å². The minimum Gasteiger partial charge on any atom is -0.508 e. The van der Waals surface area contributed by atoms with E-state index >= 15 is 0 Å². The van der Waals surface area contributed by atoms with Gasteiger partial charge >= 0.3 is 0 Å². The highest BCUT2D eigenvalue weighted by atomic mass is 32.1. The Hall–Kier alpha value is -3.63. The molecule has 0 aliphatic carbocycles. The van der Waals surface area contributed by atoms with Gasteiger partial charge < -0.3 is 20.1 Å². The quantitative estimate of drug-likeness (QED) is 0.554. The minimum absolute atomic E-state index is 0.00401. The summed E-state index contributed by atoms with van der Waals surface area (Å²) in [6.07, 6.45) is 3.83. The van der Waals surface area contributed by atoms with E-state index in [0.29, 0.717) is 18.0 Å². The highest BCUT2D eigenvalue weighted by Crippen LogP contribution is 2.28. The zero-order valence-corrected chi connectivity index (χ0v) is 18.9. The summed E-state index contributed by atoms with van der Waals surface area (Å²) in [5, 5.41) is 14.7. The number of benzene rings is 1. The molecule has 2 aliphatic heterocycles. The first kappa shape index (κ1) is 22.2. The molecule has 2 aliphatic rings. The second-order valence-corrected chi connectivity index (χ2v) is 9.12. The molecule has 0 radical (unpaired) electrons. The number of thiazole rings is 1. The van der Waals surface area contributed by atoms with E-state index in [1.54, 1.807) is 36.0 Å². The number of nitrogens with zero attached hydrogens (tertiary/aromatic N) is 3. The van der Waals surface area contributed by atoms with Gasteiger partial charge in [-0.1, -0.05) is 12.1 Å². The number of ether oxygens (including phenoxy) is 1. The van der Waals surface area contributed by atoms with Crippen molar-refractivity contribution in [2.45, 2.75) is 31.0 Å². The summed E-state index contributed by atoms with van der Waals surface area (Å²) >= 11 is 1.31. The lowest BCUT2D eigenvalue weighted by Gasteiger charge is -2.27. The van der Waals surface area contributed by atoms with E-state index in [1.165, 1.54) is 28.4 Å². The van der Waals surface area contributed by atoms with Crippen LogP contribution in [0.3, 0.4) is 0 Å². The molecule has 34 heavy (non-hydrogen) atoms. The molecule has 2 saturated heterocycles. The van der Waals surface area contributed by atoms with Gasteiger partial charge in [0.2, 0.25) is 5.91 Å². The molecule has 2 aromatic heterocycles. The van der Waals surface area contributed by atoms with Crippen molar-refractivity contribution < 1.29 is 24.2 Å². The van der Waals surface area contributed by atoms with Crippen LogP contribution in [0, 0.1) is 0 Å². The van der Waals surface area contributed by atoms with Gasteiger partial charge in [0.1, 0.15) is 35.1 Å². The molecule has 2 fully saturated rings. The molecule has 9 nitrogen and oxygen atoms in total. The lowest BCUT2D eigenvalue weighted by atomic mass is 10.0. The van der Waals surface area contributed by atoms with Crippen LogP contribution in [0.1, 0.15) is 22.5 Å². The molecular weight excluding hydrogens is 456 g/mol. The number of phenolic OH excluding ortho intramolecular Hbond substituents is 1. The molecule has 4 heterocycles. The Morgan fingerprint density at radius 1 is 1.26 bits per heavy atom. The molecule has 2 N–H and O–H groups in total. The van der Waals surface area contributed by atoms with Gasteiger partial charge in [-0.2, -0.15) is 0 Å². The van der Waals surface area contributed by atoms with Crippen molar-refractivity contribution in [3.05, 3.63) is 65.4 Å². The predicted octanol–water partition coefficient (Wildman–Crippen LogP) is 1.82. The standard InChI is InChI=1S/C24H22N4O5S/c29-16-5-3-14(4-6-16)10-17(24(32)28-9-7-20-21(28)19(30)12-33-20)26-22(31)18-13-34-23(27-18)15-2-1-8-25-11-15/h1-6,8,11,13,17,20-21,29H,7,9-10,12H2,(H,26,31)/t17-,20?,21?/m0/s1. The van der Waals surface area contributed by atoms with Gasteiger partial charge in [0.25, 0.3) is 5.91 Å². The van der Waals surface area contributed by atoms with Crippen molar-refractivity contribution in [3.8, 4) is 16.3 Å². The van der Waals surface area contributed by atoms with Crippen LogP contribution in [0.5, 0.6) is 5.75 Å². The first-order valence-corrected chi connectivity index (χ1v) is 11.8. The van der Waals surface area contributed by atoms with E-state index in [4.69, 9.17) is 4.74 Å². The van der Waals surface area contributed by atoms with E-state index < -0.39 is 18.0 Å². The summed E-state index contributed by atoms with van der Waals surface area (Å²) in [5.74, 6) is -0.827. The number of phenols is 1. The Morgan fingerprint density at radius 2 is 2.09 bits per heavy atom. The van der Waals surface area contributed by atoms with Crippen LogP contribution in [-0.2, 0) is 20.7 Å². The largest absolute Gasteiger partial charge is 0.508 e. The smallest absolute Gasteiger partial charge is 0.271 e. The highest BCUT2D eigenvalue weighted by Gasteiger charge is 2.48. The van der Waals surface area contributed by atoms with Crippen LogP contribution in [-0.4, -0.2) is 68.9 Å². The summed E-state index contributed by atoms with van der Waals surface area (Å²) < 4.78 is 5.50. The van der Waals surface area contributed by atoms with Crippen LogP contribution in [0.15, 0.2) is 54.2 Å². The van der Waals surface area contributed by atoms with Gasteiger partial charge in [0, 0.05) is 36.3 Å². The molecule has 174 valence electrons. The number of hydrogen-bond acceptors (Lipinski definition) is 8. The Bertz CT molecular complexity index is 1210. The van der Waals surface area contributed by atoms with Gasteiger partial charge in [-0.05, 0) is 36.2 Å². The third kappa shape index (κ3) is 4.42. The Morgan fingerprint density at radius 3 is 2.85 bits per heavy atom. The second-order valence-electron chi connectivity index (χ2n) is 8.26. The maximum Gasteiger partial charge on any atom is 0.271 e. The Kier molecular flexibility index (Phi) is 6.08. The fourth-order valence-electron chi connectivity index (χ4n) is 4.34. The van der Waals surface area contributed by atoms with Crippen LogP contribution in [0.4, 0.5) is 0 Å². The third-order valence-corrected chi connectivity index (χ3v) is 6.91. The highest BCUT2D eigenvalue weighted by molar-refractivity contribution is 7.13. The number of carbonyl (C=O) groups excluding carboxylic acids is 3.